The predicted octanol–water partition coefficient (Wildman–Crippen LogP) is 4.62. The van der Waals surface area contributed by atoms with Crippen LogP contribution in [0.3, 0.4) is 0 Å². The normalized spacial score (nSPS) is 15.1. The fourth-order valence-corrected chi connectivity index (χ4v) is 4.70. The van der Waals surface area contributed by atoms with Crippen LogP contribution in [0.2, 0.25) is 0 Å². The summed E-state index contributed by atoms with van der Waals surface area (Å²) in [5.41, 5.74) is 1.97. The van der Waals surface area contributed by atoms with E-state index in [-0.39, 0.29) is 11.4 Å². The van der Waals surface area contributed by atoms with E-state index in [2.05, 4.69) is 20.4 Å². The molecule has 4 aromatic rings. The highest BCUT2D eigenvalue weighted by Gasteiger charge is 2.29. The molecule has 1 atom stereocenters. The van der Waals surface area contributed by atoms with Gasteiger partial charge in [-0.15, -0.1) is 0 Å². The van der Waals surface area contributed by atoms with Crippen LogP contribution in [0.1, 0.15) is 29.9 Å². The molecule has 0 bridgehead atoms. The quantitative estimate of drug-likeness (QED) is 0.328. The number of nitrogens with one attached hydrogen (secondary N) is 3. The summed E-state index contributed by atoms with van der Waals surface area (Å²) >= 11 is 5.34. The van der Waals surface area contributed by atoms with Crippen molar-refractivity contribution in [2.45, 2.75) is 31.3 Å². The third-order valence-corrected chi connectivity index (χ3v) is 6.54. The van der Waals surface area contributed by atoms with Crippen molar-refractivity contribution in [1.29, 1.82) is 5.41 Å². The Kier molecular flexibility index (Phi) is 6.60. The molecule has 1 fully saturated rings. The van der Waals surface area contributed by atoms with Crippen LogP contribution in [0, 0.1) is 12.3 Å². The van der Waals surface area contributed by atoms with Crippen molar-refractivity contribution in [3.8, 4) is 11.5 Å². The van der Waals surface area contributed by atoms with Crippen LogP contribution < -0.4 is 15.5 Å². The minimum atomic E-state index is -2.00. The Morgan fingerprint density at radius 1 is 1.28 bits per heavy atom. The molecule has 186 valence electrons. The molecule has 1 aliphatic rings. The van der Waals surface area contributed by atoms with Gasteiger partial charge in [0.2, 0.25) is 0 Å². The Morgan fingerprint density at radius 3 is 2.81 bits per heavy atom. The zero-order chi connectivity index (χ0) is 25.2. The Hall–Kier alpha value is -3.92. The third-order valence-electron chi connectivity index (χ3n) is 6.36. The van der Waals surface area contributed by atoms with Gasteiger partial charge in [0.1, 0.15) is 28.8 Å². The Bertz CT molecular complexity index is 1460. The van der Waals surface area contributed by atoms with Gasteiger partial charge >= 0.3 is 0 Å². The maximum Gasteiger partial charge on any atom is 0.272 e. The van der Waals surface area contributed by atoms with Crippen LogP contribution in [-0.4, -0.2) is 49.1 Å². The van der Waals surface area contributed by atoms with E-state index in [9.17, 15) is 9.18 Å². The standard InChI is InChI=1S/C25H25ClFN7O2/c1-15-12-17(2-3-20(15)36-18-4-8-29-21(28)13-18)32-24-22-19(7-11-34(22)31-14-30-24)16-5-9-33(10-6-16)25(35)23(26)27/h2-4,7-8,11-14,16,23H,5-6,9-10H2,1H3,(H2,28,29)(H,30,31,32). The molecule has 11 heteroatoms. The molecule has 0 saturated carbocycles. The number of ether oxygens (including phenoxy) is 1. The molecule has 1 aromatic carbocycles. The largest absolute Gasteiger partial charge is 0.457 e. The molecule has 3 N–H and O–H groups in total. The van der Waals surface area contributed by atoms with E-state index in [0.717, 1.165) is 22.3 Å². The number of hydrogen-bond donors (Lipinski definition) is 3. The second kappa shape index (κ2) is 9.98. The van der Waals surface area contributed by atoms with Crippen LogP contribution in [0.25, 0.3) is 5.52 Å². The number of pyridine rings is 1. The fraction of sp³-hybridized carbons (Fsp3) is 0.280. The molecule has 36 heavy (non-hydrogen) atoms. The predicted molar refractivity (Wildman–Crippen MR) is 133 cm³/mol. The summed E-state index contributed by atoms with van der Waals surface area (Å²) in [4.78, 5) is 20.7. The number of aryl methyl sites for hydroxylation is 1. The minimum Gasteiger partial charge on any atom is -0.457 e. The van der Waals surface area contributed by atoms with Crippen molar-refractivity contribution < 1.29 is 13.9 Å². The lowest BCUT2D eigenvalue weighted by molar-refractivity contribution is -0.134. The van der Waals surface area contributed by atoms with Crippen molar-refractivity contribution in [2.75, 3.05) is 18.4 Å². The summed E-state index contributed by atoms with van der Waals surface area (Å²) in [5.74, 6) is 1.45. The first-order valence-corrected chi connectivity index (χ1v) is 12.0. The minimum absolute atomic E-state index is 0.182. The first kappa shape index (κ1) is 23.8. The van der Waals surface area contributed by atoms with E-state index in [1.54, 1.807) is 22.8 Å². The monoisotopic (exact) mass is 509 g/mol. The number of carbonyl (C=O) groups excluding carboxylic acids is 1. The smallest absolute Gasteiger partial charge is 0.272 e. The number of alkyl halides is 2. The molecular formula is C25H25ClFN7O2. The van der Waals surface area contributed by atoms with Crippen molar-refractivity contribution in [1.82, 2.24) is 24.5 Å². The van der Waals surface area contributed by atoms with Gasteiger partial charge < -0.3 is 19.9 Å². The molecule has 0 radical (unpaired) electrons. The molecule has 0 spiro atoms. The van der Waals surface area contributed by atoms with E-state index in [4.69, 9.17) is 21.7 Å². The summed E-state index contributed by atoms with van der Waals surface area (Å²) in [7, 11) is 0. The first-order valence-electron chi connectivity index (χ1n) is 11.6. The number of hydrogen-bond acceptors (Lipinski definition) is 6. The van der Waals surface area contributed by atoms with Gasteiger partial charge in [0.25, 0.3) is 11.5 Å². The molecule has 5 rings (SSSR count). The Balaban J connectivity index is 1.36. The number of aromatic nitrogens is 4. The molecule has 1 aliphatic heterocycles. The Labute approximate surface area is 211 Å². The number of likely N-dealkylation sites (tertiary alicyclic amines) is 1. The molecule has 4 heterocycles. The van der Waals surface area contributed by atoms with Gasteiger partial charge in [-0.3, -0.25) is 10.2 Å². The number of rotatable bonds is 6. The highest BCUT2D eigenvalue weighted by atomic mass is 35.5. The molecule has 3 aromatic heterocycles. The fourth-order valence-electron chi connectivity index (χ4n) is 4.56. The first-order chi connectivity index (χ1) is 17.4. The number of amides is 1. The number of benzene rings is 1. The van der Waals surface area contributed by atoms with Gasteiger partial charge in [0.05, 0.1) is 0 Å². The topological polar surface area (TPSA) is 111 Å². The summed E-state index contributed by atoms with van der Waals surface area (Å²) in [6.45, 7) is 2.85. The van der Waals surface area contributed by atoms with Gasteiger partial charge in [-0.2, -0.15) is 5.10 Å². The van der Waals surface area contributed by atoms with Crippen LogP contribution in [0.4, 0.5) is 15.9 Å². The highest BCUT2D eigenvalue weighted by Crippen LogP contribution is 2.35. The van der Waals surface area contributed by atoms with E-state index >= 15 is 0 Å². The van der Waals surface area contributed by atoms with Crippen molar-refractivity contribution in [3.63, 3.8) is 0 Å². The summed E-state index contributed by atoms with van der Waals surface area (Å²) in [6.07, 6.45) is 6.45. The van der Waals surface area contributed by atoms with Gasteiger partial charge in [-0.25, -0.2) is 13.9 Å². The molecular weight excluding hydrogens is 485 g/mol. The average Bonchev–Trinajstić information content (AvgIpc) is 3.31. The lowest BCUT2D eigenvalue weighted by atomic mass is 9.90. The third kappa shape index (κ3) is 4.90. The number of H-pyrrole nitrogens is 1. The van der Waals surface area contributed by atoms with Crippen molar-refractivity contribution >= 4 is 34.5 Å². The number of nitrogens with zero attached hydrogens (tertiary/aromatic N) is 4. The van der Waals surface area contributed by atoms with Crippen LogP contribution in [0.5, 0.6) is 11.5 Å². The molecule has 1 amide bonds. The summed E-state index contributed by atoms with van der Waals surface area (Å²) < 4.78 is 20.9. The highest BCUT2D eigenvalue weighted by molar-refractivity contribution is 6.29. The summed E-state index contributed by atoms with van der Waals surface area (Å²) in [6, 6.07) is 11.2. The van der Waals surface area contributed by atoms with Crippen LogP contribution >= 0.6 is 11.6 Å². The molecule has 9 nitrogen and oxygen atoms in total. The van der Waals surface area contributed by atoms with E-state index in [1.165, 1.54) is 11.2 Å². The molecule has 1 unspecified atom stereocenters. The van der Waals surface area contributed by atoms with Gasteiger partial charge in [0.15, 0.2) is 5.82 Å². The van der Waals surface area contributed by atoms with Crippen molar-refractivity contribution in [2.24, 2.45) is 0 Å². The zero-order valence-electron chi connectivity index (χ0n) is 19.5. The second-order valence-electron chi connectivity index (χ2n) is 8.72. The maximum atomic E-state index is 13.2. The zero-order valence-corrected chi connectivity index (χ0v) is 20.3. The lowest BCUT2D eigenvalue weighted by Gasteiger charge is -2.32. The maximum absolute atomic E-state index is 13.2. The van der Waals surface area contributed by atoms with Gasteiger partial charge in [-0.05, 0) is 67.1 Å². The SMILES string of the molecule is Cc1cc(Nc2ncnn3ccc(C4CCN(C(=O)C(F)Cl)CC4)c23)ccc1Oc1cc[nH]c(=N)c1. The molecule has 0 aliphatic carbocycles. The number of carbonyl (C=O) groups is 1. The second-order valence-corrected chi connectivity index (χ2v) is 9.10. The van der Waals surface area contributed by atoms with Crippen LogP contribution in [-0.2, 0) is 4.79 Å². The van der Waals surface area contributed by atoms with Crippen LogP contribution in [0.15, 0.2) is 55.1 Å². The molecule has 1 saturated heterocycles. The number of halogens is 2. The lowest BCUT2D eigenvalue weighted by Crippen LogP contribution is -2.40. The van der Waals surface area contributed by atoms with Crippen molar-refractivity contribution in [3.05, 3.63) is 71.7 Å². The summed E-state index contributed by atoms with van der Waals surface area (Å²) in [5, 5.41) is 15.5. The van der Waals surface area contributed by atoms with E-state index in [1.807, 2.05) is 37.4 Å². The number of anilines is 2. The van der Waals surface area contributed by atoms with E-state index in [0.29, 0.717) is 43.2 Å². The number of piperidine rings is 1. The van der Waals surface area contributed by atoms with E-state index < -0.39 is 11.5 Å². The van der Waals surface area contributed by atoms with Gasteiger partial charge in [0, 0.05) is 37.2 Å². The number of aromatic amines is 1. The Morgan fingerprint density at radius 2 is 2.08 bits per heavy atom. The number of fused-ring (bicyclic) bond motifs is 1. The average molecular weight is 510 g/mol. The van der Waals surface area contributed by atoms with Gasteiger partial charge in [-0.1, -0.05) is 11.6 Å².